The zero-order valence-corrected chi connectivity index (χ0v) is 6.74. The maximum absolute atomic E-state index is 9.40. The molecule has 0 saturated carbocycles. The van der Waals surface area contributed by atoms with Crippen molar-refractivity contribution in [2.45, 2.75) is 6.54 Å². The Morgan fingerprint density at radius 2 is 2.08 bits per heavy atom. The highest BCUT2D eigenvalue weighted by Gasteiger charge is 2.10. The van der Waals surface area contributed by atoms with Crippen molar-refractivity contribution >= 4 is 0 Å². The van der Waals surface area contributed by atoms with Crippen LogP contribution in [0.15, 0.2) is 12.1 Å². The number of methoxy groups -OCH3 is 1. The standard InChI is InChI=1S/C8H11NO3/c1-12-8-6(10)3-2-5(4-9)7(8)11/h2-3,10-11H,4,9H2,1H3. The molecule has 12 heavy (non-hydrogen) atoms. The molecule has 0 unspecified atom stereocenters. The fourth-order valence-corrected chi connectivity index (χ4v) is 0.967. The van der Waals surface area contributed by atoms with Gasteiger partial charge in [0.05, 0.1) is 7.11 Å². The van der Waals surface area contributed by atoms with Crippen LogP contribution >= 0.6 is 0 Å². The summed E-state index contributed by atoms with van der Waals surface area (Å²) >= 11 is 0. The van der Waals surface area contributed by atoms with Crippen LogP contribution in [0.4, 0.5) is 0 Å². The Kier molecular flexibility index (Phi) is 2.40. The maximum Gasteiger partial charge on any atom is 0.203 e. The van der Waals surface area contributed by atoms with Gasteiger partial charge in [-0.3, -0.25) is 0 Å². The van der Waals surface area contributed by atoms with Crippen LogP contribution in [-0.4, -0.2) is 17.3 Å². The van der Waals surface area contributed by atoms with E-state index >= 15 is 0 Å². The summed E-state index contributed by atoms with van der Waals surface area (Å²) in [5, 5.41) is 18.6. The topological polar surface area (TPSA) is 75.7 Å². The van der Waals surface area contributed by atoms with Crippen LogP contribution in [0.2, 0.25) is 0 Å². The Balaban J connectivity index is 3.24. The fraction of sp³-hybridized carbons (Fsp3) is 0.250. The van der Waals surface area contributed by atoms with Crippen LogP contribution in [0.1, 0.15) is 5.56 Å². The van der Waals surface area contributed by atoms with Gasteiger partial charge < -0.3 is 20.7 Å². The molecule has 0 fully saturated rings. The van der Waals surface area contributed by atoms with Gasteiger partial charge in [0, 0.05) is 12.1 Å². The summed E-state index contributed by atoms with van der Waals surface area (Å²) in [4.78, 5) is 0. The molecule has 0 amide bonds. The van der Waals surface area contributed by atoms with Crippen molar-refractivity contribution in [2.24, 2.45) is 5.73 Å². The van der Waals surface area contributed by atoms with Gasteiger partial charge in [-0.1, -0.05) is 6.07 Å². The fourth-order valence-electron chi connectivity index (χ4n) is 0.967. The summed E-state index contributed by atoms with van der Waals surface area (Å²) < 4.78 is 4.76. The molecule has 0 saturated heterocycles. The highest BCUT2D eigenvalue weighted by Crippen LogP contribution is 2.37. The molecule has 4 N–H and O–H groups in total. The van der Waals surface area contributed by atoms with Crippen molar-refractivity contribution < 1.29 is 14.9 Å². The Morgan fingerprint density at radius 1 is 1.42 bits per heavy atom. The van der Waals surface area contributed by atoms with Crippen molar-refractivity contribution in [3.63, 3.8) is 0 Å². The molecule has 0 heterocycles. The van der Waals surface area contributed by atoms with Crippen LogP contribution in [0.3, 0.4) is 0 Å². The number of hydrogen-bond acceptors (Lipinski definition) is 4. The van der Waals surface area contributed by atoms with Crippen molar-refractivity contribution in [1.82, 2.24) is 0 Å². The number of nitrogens with two attached hydrogens (primary N) is 1. The lowest BCUT2D eigenvalue weighted by Crippen LogP contribution is -1.97. The summed E-state index contributed by atoms with van der Waals surface area (Å²) in [6, 6.07) is 2.98. The number of aromatic hydroxyl groups is 2. The molecule has 1 rings (SSSR count). The molecule has 0 radical (unpaired) electrons. The third-order valence-corrected chi connectivity index (χ3v) is 1.62. The first kappa shape index (κ1) is 8.67. The number of benzene rings is 1. The molecular weight excluding hydrogens is 158 g/mol. The summed E-state index contributed by atoms with van der Waals surface area (Å²) in [7, 11) is 1.37. The minimum atomic E-state index is -0.0972. The minimum absolute atomic E-state index is 0.0675. The Bertz CT molecular complexity index is 286. The summed E-state index contributed by atoms with van der Waals surface area (Å²) in [5.74, 6) is -0.120. The molecule has 0 spiro atoms. The van der Waals surface area contributed by atoms with Gasteiger partial charge in [0.1, 0.15) is 0 Å². The van der Waals surface area contributed by atoms with Gasteiger partial charge in [-0.25, -0.2) is 0 Å². The van der Waals surface area contributed by atoms with E-state index in [1.165, 1.54) is 13.2 Å². The van der Waals surface area contributed by atoms with Gasteiger partial charge in [-0.2, -0.15) is 0 Å². The Labute approximate surface area is 70.2 Å². The predicted octanol–water partition coefficient (Wildman–Crippen LogP) is 0.565. The average Bonchev–Trinajstić information content (AvgIpc) is 2.06. The van der Waals surface area contributed by atoms with E-state index in [0.717, 1.165) is 0 Å². The van der Waals surface area contributed by atoms with Crippen LogP contribution in [-0.2, 0) is 6.54 Å². The van der Waals surface area contributed by atoms with E-state index < -0.39 is 0 Å². The highest BCUT2D eigenvalue weighted by molar-refractivity contribution is 5.53. The third-order valence-electron chi connectivity index (χ3n) is 1.62. The van der Waals surface area contributed by atoms with Gasteiger partial charge in [0.15, 0.2) is 11.5 Å². The van der Waals surface area contributed by atoms with Crippen molar-refractivity contribution in [2.75, 3.05) is 7.11 Å². The van der Waals surface area contributed by atoms with E-state index in [0.29, 0.717) is 5.56 Å². The number of phenols is 2. The Hall–Kier alpha value is -1.42. The zero-order chi connectivity index (χ0) is 9.14. The van der Waals surface area contributed by atoms with E-state index in [4.69, 9.17) is 10.5 Å². The molecule has 66 valence electrons. The summed E-state index contributed by atoms with van der Waals surface area (Å²) in [6.45, 7) is 0.211. The lowest BCUT2D eigenvalue weighted by molar-refractivity contribution is 0.342. The minimum Gasteiger partial charge on any atom is -0.504 e. The predicted molar refractivity (Wildman–Crippen MR) is 44.2 cm³/mol. The van der Waals surface area contributed by atoms with Crippen molar-refractivity contribution in [3.05, 3.63) is 17.7 Å². The number of rotatable bonds is 2. The lowest BCUT2D eigenvalue weighted by atomic mass is 10.2. The monoisotopic (exact) mass is 169 g/mol. The smallest absolute Gasteiger partial charge is 0.203 e. The molecule has 1 aromatic rings. The van der Waals surface area contributed by atoms with Gasteiger partial charge in [-0.15, -0.1) is 0 Å². The molecule has 0 aliphatic heterocycles. The summed E-state index contributed by atoms with van der Waals surface area (Å²) in [5.41, 5.74) is 5.87. The zero-order valence-electron chi connectivity index (χ0n) is 6.74. The first-order valence-electron chi connectivity index (χ1n) is 3.48. The van der Waals surface area contributed by atoms with E-state index in [-0.39, 0.29) is 23.8 Å². The first-order chi connectivity index (χ1) is 5.70. The second kappa shape index (κ2) is 3.32. The second-order valence-corrected chi connectivity index (χ2v) is 2.33. The van der Waals surface area contributed by atoms with Crippen molar-refractivity contribution in [1.29, 1.82) is 0 Å². The second-order valence-electron chi connectivity index (χ2n) is 2.33. The first-order valence-corrected chi connectivity index (χ1v) is 3.48. The number of phenolic OH excluding ortho intramolecular Hbond substituents is 2. The van der Waals surface area contributed by atoms with Crippen LogP contribution in [0.25, 0.3) is 0 Å². The lowest BCUT2D eigenvalue weighted by Gasteiger charge is -2.08. The molecule has 4 heteroatoms. The normalized spacial score (nSPS) is 9.83. The van der Waals surface area contributed by atoms with Gasteiger partial charge in [0.25, 0.3) is 0 Å². The molecule has 1 aromatic carbocycles. The average molecular weight is 169 g/mol. The molecular formula is C8H11NO3. The molecule has 0 aliphatic rings. The third kappa shape index (κ3) is 1.29. The highest BCUT2D eigenvalue weighted by atomic mass is 16.5. The van der Waals surface area contributed by atoms with Crippen LogP contribution < -0.4 is 10.5 Å². The van der Waals surface area contributed by atoms with E-state index in [9.17, 15) is 10.2 Å². The van der Waals surface area contributed by atoms with Gasteiger partial charge in [-0.05, 0) is 6.07 Å². The van der Waals surface area contributed by atoms with Crippen LogP contribution in [0, 0.1) is 0 Å². The maximum atomic E-state index is 9.40. The SMILES string of the molecule is COc1c(O)ccc(CN)c1O. The van der Waals surface area contributed by atoms with E-state index in [2.05, 4.69) is 0 Å². The van der Waals surface area contributed by atoms with Gasteiger partial charge >= 0.3 is 0 Å². The quantitative estimate of drug-likeness (QED) is 0.604. The van der Waals surface area contributed by atoms with E-state index in [1.807, 2.05) is 0 Å². The molecule has 4 nitrogen and oxygen atoms in total. The molecule has 0 bridgehead atoms. The number of hydrogen-bond donors (Lipinski definition) is 3. The largest absolute Gasteiger partial charge is 0.504 e. The Morgan fingerprint density at radius 3 is 2.58 bits per heavy atom. The number of ether oxygens (including phenoxy) is 1. The van der Waals surface area contributed by atoms with Crippen LogP contribution in [0.5, 0.6) is 17.2 Å². The van der Waals surface area contributed by atoms with Gasteiger partial charge in [0.2, 0.25) is 5.75 Å². The molecule has 0 atom stereocenters. The summed E-state index contributed by atoms with van der Waals surface area (Å²) in [6.07, 6.45) is 0. The molecule has 0 aromatic heterocycles. The van der Waals surface area contributed by atoms with Crippen molar-refractivity contribution in [3.8, 4) is 17.2 Å². The molecule has 0 aliphatic carbocycles. The van der Waals surface area contributed by atoms with E-state index in [1.54, 1.807) is 6.07 Å².